The molecule has 3 nitrogen and oxygen atoms in total. The summed E-state index contributed by atoms with van der Waals surface area (Å²) in [6.45, 7) is 0.550. The summed E-state index contributed by atoms with van der Waals surface area (Å²) in [4.78, 5) is 12.3. The molecular weight excluding hydrogens is 316 g/mol. The van der Waals surface area contributed by atoms with Crippen LogP contribution in [0, 0.1) is 0 Å². The van der Waals surface area contributed by atoms with Crippen molar-refractivity contribution >= 4 is 21.8 Å². The van der Waals surface area contributed by atoms with Crippen molar-refractivity contribution in [1.82, 2.24) is 9.88 Å². The van der Waals surface area contributed by atoms with Crippen LogP contribution in [0.25, 0.3) is 0 Å². The molecule has 1 aliphatic carbocycles. The summed E-state index contributed by atoms with van der Waals surface area (Å²) in [5.74, 6) is 0.00174. The lowest BCUT2D eigenvalue weighted by molar-refractivity contribution is 0.0936. The Bertz CT molecular complexity index is 616. The minimum Gasteiger partial charge on any atom is -0.347 e. The van der Waals surface area contributed by atoms with Crippen LogP contribution in [0.15, 0.2) is 47.1 Å². The number of nitrogens with one attached hydrogen (secondary N) is 1. The number of aromatic nitrogens is 1. The van der Waals surface area contributed by atoms with Crippen LogP contribution in [-0.2, 0) is 6.54 Å². The first-order chi connectivity index (χ1) is 9.74. The number of nitrogens with zero attached hydrogens (tertiary/aromatic N) is 1. The van der Waals surface area contributed by atoms with Crippen LogP contribution in [0.4, 0.5) is 0 Å². The van der Waals surface area contributed by atoms with E-state index < -0.39 is 0 Å². The Labute approximate surface area is 127 Å². The van der Waals surface area contributed by atoms with E-state index in [1.54, 1.807) is 0 Å². The molecule has 1 N–H and O–H groups in total. The average molecular weight is 333 g/mol. The maximum absolute atomic E-state index is 12.3. The second-order valence-electron chi connectivity index (χ2n) is 5.20. The SMILES string of the molecule is O=C(NCc1cccc(Br)c1)c1cccn1C1CCC1. The highest BCUT2D eigenvalue weighted by atomic mass is 79.9. The van der Waals surface area contributed by atoms with Gasteiger partial charge in [0.15, 0.2) is 0 Å². The van der Waals surface area contributed by atoms with Gasteiger partial charge in [0.05, 0.1) is 0 Å². The van der Waals surface area contributed by atoms with E-state index in [4.69, 9.17) is 0 Å². The monoisotopic (exact) mass is 332 g/mol. The summed E-state index contributed by atoms with van der Waals surface area (Å²) >= 11 is 3.44. The molecule has 1 aromatic heterocycles. The van der Waals surface area contributed by atoms with Crippen molar-refractivity contribution in [2.24, 2.45) is 0 Å². The normalized spacial score (nSPS) is 14.8. The molecule has 0 radical (unpaired) electrons. The molecule has 2 aromatic rings. The van der Waals surface area contributed by atoms with Crippen LogP contribution in [0.1, 0.15) is 41.4 Å². The van der Waals surface area contributed by atoms with Gasteiger partial charge in [-0.3, -0.25) is 4.79 Å². The molecule has 3 rings (SSSR count). The highest BCUT2D eigenvalue weighted by molar-refractivity contribution is 9.10. The first-order valence-corrected chi connectivity index (χ1v) is 7.73. The first kappa shape index (κ1) is 13.4. The molecule has 20 heavy (non-hydrogen) atoms. The topological polar surface area (TPSA) is 34.0 Å². The summed E-state index contributed by atoms with van der Waals surface area (Å²) in [5, 5.41) is 2.99. The third-order valence-corrected chi connectivity index (χ3v) is 4.32. The van der Waals surface area contributed by atoms with Gasteiger partial charge in [-0.1, -0.05) is 28.1 Å². The van der Waals surface area contributed by atoms with E-state index in [1.807, 2.05) is 42.6 Å². The zero-order valence-corrected chi connectivity index (χ0v) is 12.8. The van der Waals surface area contributed by atoms with Gasteiger partial charge in [-0.25, -0.2) is 0 Å². The van der Waals surface area contributed by atoms with E-state index in [2.05, 4.69) is 25.8 Å². The minimum absolute atomic E-state index is 0.00174. The lowest BCUT2D eigenvalue weighted by atomic mass is 9.93. The number of rotatable bonds is 4. The van der Waals surface area contributed by atoms with E-state index in [1.165, 1.54) is 19.3 Å². The van der Waals surface area contributed by atoms with E-state index in [0.29, 0.717) is 12.6 Å². The van der Waals surface area contributed by atoms with Crippen molar-refractivity contribution < 1.29 is 4.79 Å². The van der Waals surface area contributed by atoms with Crippen LogP contribution in [0.5, 0.6) is 0 Å². The molecule has 0 bridgehead atoms. The molecule has 0 unspecified atom stereocenters. The van der Waals surface area contributed by atoms with Gasteiger partial charge in [0.25, 0.3) is 5.91 Å². The molecule has 1 aromatic carbocycles. The maximum atomic E-state index is 12.3. The van der Waals surface area contributed by atoms with Crippen molar-refractivity contribution in [3.63, 3.8) is 0 Å². The number of halogens is 1. The van der Waals surface area contributed by atoms with E-state index in [-0.39, 0.29) is 5.91 Å². The Morgan fingerprint density at radius 3 is 2.85 bits per heavy atom. The molecule has 1 fully saturated rings. The molecular formula is C16H17BrN2O. The van der Waals surface area contributed by atoms with Gasteiger partial charge in [-0.05, 0) is 49.1 Å². The highest BCUT2D eigenvalue weighted by Crippen LogP contribution is 2.32. The van der Waals surface area contributed by atoms with Crippen molar-refractivity contribution in [1.29, 1.82) is 0 Å². The Morgan fingerprint density at radius 2 is 2.15 bits per heavy atom. The van der Waals surface area contributed by atoms with Crippen LogP contribution < -0.4 is 5.32 Å². The Morgan fingerprint density at radius 1 is 1.30 bits per heavy atom. The average Bonchev–Trinajstić information content (AvgIpc) is 2.83. The Kier molecular flexibility index (Phi) is 3.92. The minimum atomic E-state index is 0.00174. The Hall–Kier alpha value is -1.55. The summed E-state index contributed by atoms with van der Waals surface area (Å²) in [5.41, 5.74) is 1.86. The molecule has 104 valence electrons. The predicted molar refractivity (Wildman–Crippen MR) is 82.6 cm³/mol. The van der Waals surface area contributed by atoms with Crippen LogP contribution in [0.3, 0.4) is 0 Å². The van der Waals surface area contributed by atoms with Gasteiger partial charge in [-0.15, -0.1) is 0 Å². The lowest BCUT2D eigenvalue weighted by Gasteiger charge is -2.28. The highest BCUT2D eigenvalue weighted by Gasteiger charge is 2.22. The zero-order chi connectivity index (χ0) is 13.9. The Balaban J connectivity index is 1.66. The molecule has 1 saturated carbocycles. The van der Waals surface area contributed by atoms with Gasteiger partial charge >= 0.3 is 0 Å². The number of carbonyl (C=O) groups excluding carboxylic acids is 1. The van der Waals surface area contributed by atoms with Crippen molar-refractivity contribution in [2.45, 2.75) is 31.8 Å². The van der Waals surface area contributed by atoms with E-state index in [9.17, 15) is 4.79 Å². The fourth-order valence-electron chi connectivity index (χ4n) is 2.49. The van der Waals surface area contributed by atoms with E-state index in [0.717, 1.165) is 15.7 Å². The maximum Gasteiger partial charge on any atom is 0.268 e. The van der Waals surface area contributed by atoms with Crippen molar-refractivity contribution in [2.75, 3.05) is 0 Å². The molecule has 1 heterocycles. The van der Waals surface area contributed by atoms with E-state index >= 15 is 0 Å². The second-order valence-corrected chi connectivity index (χ2v) is 6.11. The van der Waals surface area contributed by atoms with Gasteiger partial charge < -0.3 is 9.88 Å². The predicted octanol–water partition coefficient (Wildman–Crippen LogP) is 3.91. The lowest BCUT2D eigenvalue weighted by Crippen LogP contribution is -2.28. The van der Waals surface area contributed by atoms with Gasteiger partial charge in [-0.2, -0.15) is 0 Å². The van der Waals surface area contributed by atoms with Crippen molar-refractivity contribution in [3.8, 4) is 0 Å². The van der Waals surface area contributed by atoms with Gasteiger partial charge in [0.1, 0.15) is 5.69 Å². The summed E-state index contributed by atoms with van der Waals surface area (Å²) in [6.07, 6.45) is 5.64. The van der Waals surface area contributed by atoms with Crippen LogP contribution >= 0.6 is 15.9 Å². The second kappa shape index (κ2) is 5.83. The standard InChI is InChI=1S/C16H17BrN2O/c17-13-5-1-4-12(10-13)11-18-16(20)15-8-3-9-19(15)14-6-2-7-14/h1,3-5,8-10,14H,2,6-7,11H2,(H,18,20). The third kappa shape index (κ3) is 2.80. The first-order valence-electron chi connectivity index (χ1n) is 6.93. The quantitative estimate of drug-likeness (QED) is 0.904. The van der Waals surface area contributed by atoms with Crippen LogP contribution in [0.2, 0.25) is 0 Å². The molecule has 1 amide bonds. The third-order valence-electron chi connectivity index (χ3n) is 3.82. The fourth-order valence-corrected chi connectivity index (χ4v) is 2.94. The zero-order valence-electron chi connectivity index (χ0n) is 11.2. The molecule has 1 aliphatic rings. The summed E-state index contributed by atoms with van der Waals surface area (Å²) < 4.78 is 3.14. The summed E-state index contributed by atoms with van der Waals surface area (Å²) in [6, 6.07) is 12.3. The fraction of sp³-hybridized carbons (Fsp3) is 0.312. The smallest absolute Gasteiger partial charge is 0.268 e. The van der Waals surface area contributed by atoms with Crippen LogP contribution in [-0.4, -0.2) is 10.5 Å². The summed E-state index contributed by atoms with van der Waals surface area (Å²) in [7, 11) is 0. The molecule has 0 saturated heterocycles. The molecule has 4 heteroatoms. The molecule has 0 atom stereocenters. The molecule has 0 aliphatic heterocycles. The number of hydrogen-bond acceptors (Lipinski definition) is 1. The van der Waals surface area contributed by atoms with Crippen molar-refractivity contribution in [3.05, 3.63) is 58.3 Å². The molecule has 0 spiro atoms. The number of carbonyl (C=O) groups is 1. The number of benzene rings is 1. The van der Waals surface area contributed by atoms with Gasteiger partial charge in [0, 0.05) is 23.3 Å². The largest absolute Gasteiger partial charge is 0.347 e. The van der Waals surface area contributed by atoms with Gasteiger partial charge in [0.2, 0.25) is 0 Å². The number of hydrogen-bond donors (Lipinski definition) is 1. The number of amides is 1.